The van der Waals surface area contributed by atoms with E-state index < -0.39 is 21.9 Å². The van der Waals surface area contributed by atoms with E-state index in [-0.39, 0.29) is 29.2 Å². The summed E-state index contributed by atoms with van der Waals surface area (Å²) >= 11 is 0. The molecule has 2 aromatic carbocycles. The fraction of sp³-hybridized carbons (Fsp3) is 0.590. The van der Waals surface area contributed by atoms with Gasteiger partial charge in [0, 0.05) is 50.3 Å². The van der Waals surface area contributed by atoms with Crippen molar-refractivity contribution in [2.45, 2.75) is 69.9 Å². The third-order valence-electron chi connectivity index (χ3n) is 11.8. The minimum Gasteiger partial charge on any atom is -0.490 e. The summed E-state index contributed by atoms with van der Waals surface area (Å²) in [5.41, 5.74) is 5.06. The van der Waals surface area contributed by atoms with E-state index in [9.17, 15) is 13.8 Å². The lowest BCUT2D eigenvalue weighted by molar-refractivity contribution is 0.0131. The molecule has 270 valence electrons. The van der Waals surface area contributed by atoms with Gasteiger partial charge in [-0.25, -0.2) is 9.00 Å². The van der Waals surface area contributed by atoms with Crippen LogP contribution in [-0.2, 0) is 26.5 Å². The minimum atomic E-state index is -3.44. The summed E-state index contributed by atoms with van der Waals surface area (Å²) in [5.74, 6) is 0.902. The molecule has 0 radical (unpaired) electrons. The number of likely N-dealkylation sites (tertiary alicyclic amines) is 1. The monoisotopic (exact) mass is 703 g/mol. The van der Waals surface area contributed by atoms with Crippen LogP contribution in [0.25, 0.3) is 0 Å². The number of likely N-dealkylation sites (N-methyl/N-ethyl adjacent to an activating group) is 1. The summed E-state index contributed by atoms with van der Waals surface area (Å²) in [6.45, 7) is 7.36. The lowest BCUT2D eigenvalue weighted by atomic mass is 9.68. The van der Waals surface area contributed by atoms with E-state index in [1.54, 1.807) is 18.1 Å². The van der Waals surface area contributed by atoms with Crippen LogP contribution in [-0.4, -0.2) is 97.8 Å². The molecule has 5 aliphatic rings. The Labute approximate surface area is 297 Å². The highest BCUT2D eigenvalue weighted by Gasteiger charge is 2.44. The van der Waals surface area contributed by atoms with E-state index in [2.05, 4.69) is 56.2 Å². The second kappa shape index (κ2) is 14.0. The quantitative estimate of drug-likeness (QED) is 0.417. The molecule has 3 aliphatic heterocycles. The van der Waals surface area contributed by atoms with E-state index in [0.717, 1.165) is 56.6 Å². The molecule has 1 saturated carbocycles. The van der Waals surface area contributed by atoms with Crippen molar-refractivity contribution in [1.29, 1.82) is 0 Å². The highest BCUT2D eigenvalue weighted by Crippen LogP contribution is 2.47. The van der Waals surface area contributed by atoms with Crippen LogP contribution in [0.5, 0.6) is 5.75 Å². The number of hydrogen-bond acceptors (Lipinski definition) is 7. The number of fused-ring (bicyclic) bond motifs is 4. The smallest absolute Gasteiger partial charge is 0.329 e. The Morgan fingerprint density at radius 3 is 2.70 bits per heavy atom. The summed E-state index contributed by atoms with van der Waals surface area (Å²) in [5, 5.41) is 0. The maximum absolute atomic E-state index is 14.5. The van der Waals surface area contributed by atoms with Gasteiger partial charge in [0.2, 0.25) is 0 Å². The van der Waals surface area contributed by atoms with Crippen molar-refractivity contribution in [3.8, 4) is 5.75 Å². The summed E-state index contributed by atoms with van der Waals surface area (Å²) in [7, 11) is 2.30. The first-order valence-electron chi connectivity index (χ1n) is 18.3. The molecule has 1 spiro atoms. The number of ether oxygens (including phenoxy) is 2. The molecule has 0 aromatic heterocycles. The van der Waals surface area contributed by atoms with Crippen LogP contribution in [0.2, 0.25) is 0 Å². The topological polar surface area (TPSA) is 104 Å². The second-order valence-corrected chi connectivity index (χ2v) is 17.8. The van der Waals surface area contributed by atoms with Gasteiger partial charge in [-0.05, 0) is 107 Å². The van der Waals surface area contributed by atoms with Crippen molar-refractivity contribution >= 4 is 27.5 Å². The molecule has 2 fully saturated rings. The third-order valence-corrected chi connectivity index (χ3v) is 13.8. The molecule has 2 aliphatic carbocycles. The van der Waals surface area contributed by atoms with Gasteiger partial charge in [-0.15, -0.1) is 4.36 Å². The van der Waals surface area contributed by atoms with Gasteiger partial charge in [0.25, 0.3) is 5.91 Å². The Morgan fingerprint density at radius 2 is 1.96 bits per heavy atom. The fourth-order valence-electron chi connectivity index (χ4n) is 8.68. The van der Waals surface area contributed by atoms with Crippen molar-refractivity contribution in [1.82, 2.24) is 14.5 Å². The average molecular weight is 704 g/mol. The molecule has 7 rings (SSSR count). The number of benzene rings is 2. The minimum absolute atomic E-state index is 0.0263. The highest BCUT2D eigenvalue weighted by molar-refractivity contribution is 7.92. The van der Waals surface area contributed by atoms with Gasteiger partial charge in [0.1, 0.15) is 15.7 Å². The van der Waals surface area contributed by atoms with Gasteiger partial charge in [-0.1, -0.05) is 42.8 Å². The molecule has 2 aromatic rings. The van der Waals surface area contributed by atoms with Gasteiger partial charge in [-0.2, -0.15) is 0 Å². The van der Waals surface area contributed by atoms with Gasteiger partial charge >= 0.3 is 6.03 Å². The number of hydrogen-bond donors (Lipinski definition) is 1. The molecular weight excluding hydrogens is 651 g/mol. The van der Waals surface area contributed by atoms with Crippen LogP contribution in [0.4, 0.5) is 10.5 Å². The number of urea groups is 1. The molecule has 1 N–H and O–H groups in total. The summed E-state index contributed by atoms with van der Waals surface area (Å²) in [4.78, 5) is 33.4. The number of amides is 3. The highest BCUT2D eigenvalue weighted by atomic mass is 32.2. The van der Waals surface area contributed by atoms with Gasteiger partial charge in [0.05, 0.1) is 24.2 Å². The first-order chi connectivity index (χ1) is 24.0. The molecule has 3 heterocycles. The number of carbonyl (C=O) groups is 2. The van der Waals surface area contributed by atoms with Gasteiger partial charge < -0.3 is 24.2 Å². The average Bonchev–Trinajstić information content (AvgIpc) is 3.17. The van der Waals surface area contributed by atoms with Crippen molar-refractivity contribution < 1.29 is 23.3 Å². The standard InChI is InChI=1S/C39H53N5O5S/c1-26-11-15-33-28(18-26)9-7-17-39(33)24-44-20-30-12-14-32(30)35(48-5)10-6-8-27(2)23-50(47,41-38(46)43-21-31(22-43)42(3)4)40-37(45)29-13-16-36(49-25-39)34(44)19-29/h6,10-11,13,15-16,18-19,27,30-32,35H,7-9,12,14,17,20-25H2,1-5H3,(H,40,41,45,46,47)/b10-6+/t27-,30-,32+,35-,39-,50?/m0/s1. The lowest BCUT2D eigenvalue weighted by Crippen LogP contribution is -2.62. The zero-order valence-electron chi connectivity index (χ0n) is 30.2. The molecule has 3 amide bonds. The normalized spacial score (nSPS) is 32.1. The zero-order valence-corrected chi connectivity index (χ0v) is 31.0. The van der Waals surface area contributed by atoms with Gasteiger partial charge in [0.15, 0.2) is 0 Å². The number of nitrogens with zero attached hydrogens (tertiary/aromatic N) is 4. The molecule has 50 heavy (non-hydrogen) atoms. The van der Waals surface area contributed by atoms with Crippen molar-refractivity contribution in [3.05, 3.63) is 70.8 Å². The second-order valence-electron chi connectivity index (χ2n) is 15.7. The first kappa shape index (κ1) is 35.0. The number of anilines is 1. The molecule has 1 saturated heterocycles. The van der Waals surface area contributed by atoms with E-state index in [1.165, 1.54) is 16.7 Å². The number of nitrogens with one attached hydrogen (secondary N) is 1. The van der Waals surface area contributed by atoms with Crippen LogP contribution in [0.15, 0.2) is 52.9 Å². The summed E-state index contributed by atoms with van der Waals surface area (Å²) in [6.07, 6.45) is 10.3. The van der Waals surface area contributed by atoms with E-state index >= 15 is 0 Å². The number of allylic oxidation sites excluding steroid dienone is 1. The van der Waals surface area contributed by atoms with E-state index in [4.69, 9.17) is 9.47 Å². The molecule has 1 unspecified atom stereocenters. The van der Waals surface area contributed by atoms with Crippen LogP contribution in [0, 0.1) is 24.7 Å². The molecule has 6 atom stereocenters. The third kappa shape index (κ3) is 6.93. The Kier molecular flexibility index (Phi) is 9.77. The first-order valence-corrected chi connectivity index (χ1v) is 20.0. The number of carbonyl (C=O) groups excluding carboxylic acids is 2. The largest absolute Gasteiger partial charge is 0.490 e. The molecule has 10 nitrogen and oxygen atoms in total. The van der Waals surface area contributed by atoms with Crippen LogP contribution in [0.3, 0.4) is 0 Å². The zero-order chi connectivity index (χ0) is 35.2. The van der Waals surface area contributed by atoms with Crippen LogP contribution < -0.4 is 14.4 Å². The predicted molar refractivity (Wildman–Crippen MR) is 197 cm³/mol. The molecule has 2 bridgehead atoms. The summed E-state index contributed by atoms with van der Waals surface area (Å²) in [6, 6.07) is 12.1. The predicted octanol–water partition coefficient (Wildman–Crippen LogP) is 5.58. The number of aryl methyl sites for hydroxylation is 2. The Bertz CT molecular complexity index is 1780. The van der Waals surface area contributed by atoms with Gasteiger partial charge in [-0.3, -0.25) is 9.52 Å². The van der Waals surface area contributed by atoms with E-state index in [1.807, 2.05) is 33.2 Å². The number of methoxy groups -OCH3 is 1. The Hall–Kier alpha value is -3.41. The lowest BCUT2D eigenvalue weighted by Gasteiger charge is -2.46. The van der Waals surface area contributed by atoms with Crippen LogP contribution in [0.1, 0.15) is 66.1 Å². The number of rotatable bonds is 3. The maximum Gasteiger partial charge on any atom is 0.329 e. The Balaban J connectivity index is 1.27. The SMILES string of the molecule is CO[C@H]1/C=C/C[C@H](C)CS(=O)(NC(=O)N2CC(N(C)C)C2)=NC(=O)c2ccc3c(c2)N(C[C@@H]2CC[C@H]21)C[C@@]1(CCCc2cc(C)ccc21)CO3. The van der Waals surface area contributed by atoms with Crippen LogP contribution >= 0.6 is 0 Å². The van der Waals surface area contributed by atoms with Crippen molar-refractivity contribution in [2.75, 3.05) is 64.6 Å². The van der Waals surface area contributed by atoms with E-state index in [0.29, 0.717) is 43.5 Å². The molecular formula is C39H53N5O5S. The fourth-order valence-corrected chi connectivity index (χ4v) is 10.6. The maximum atomic E-state index is 14.5. The van der Waals surface area contributed by atoms with Crippen molar-refractivity contribution in [2.24, 2.45) is 22.1 Å². The summed E-state index contributed by atoms with van der Waals surface area (Å²) < 4.78 is 34.3. The van der Waals surface area contributed by atoms with Crippen molar-refractivity contribution in [3.63, 3.8) is 0 Å². The Morgan fingerprint density at radius 1 is 1.14 bits per heavy atom. The molecule has 11 heteroatoms.